The van der Waals surface area contributed by atoms with Crippen LogP contribution in [0.5, 0.6) is 11.5 Å². The molecule has 0 bridgehead atoms. The maximum Gasteiger partial charge on any atom is 0.231 e. The second kappa shape index (κ2) is 4.92. The molecule has 0 amide bonds. The van der Waals surface area contributed by atoms with Crippen molar-refractivity contribution >= 4 is 35.0 Å². The van der Waals surface area contributed by atoms with Crippen molar-refractivity contribution in [1.82, 2.24) is 0 Å². The molecule has 1 heterocycles. The summed E-state index contributed by atoms with van der Waals surface area (Å²) >= 11 is 13.5. The molecular weight excluding hydrogens is 291 g/mol. The minimum Gasteiger partial charge on any atom is -0.456 e. The number of halogens is 2. The zero-order chi connectivity index (χ0) is 12.5. The van der Waals surface area contributed by atoms with Gasteiger partial charge in [0.15, 0.2) is 0 Å². The maximum absolute atomic E-state index is 6.00. The van der Waals surface area contributed by atoms with Gasteiger partial charge >= 0.3 is 0 Å². The van der Waals surface area contributed by atoms with E-state index in [0.717, 1.165) is 21.3 Å². The number of hydrogen-bond donors (Lipinski definition) is 0. The molecule has 0 aromatic heterocycles. The molecule has 0 radical (unpaired) electrons. The first-order chi connectivity index (χ1) is 8.72. The van der Waals surface area contributed by atoms with E-state index in [4.69, 9.17) is 32.7 Å². The first-order valence-corrected chi connectivity index (χ1v) is 6.82. The van der Waals surface area contributed by atoms with Crippen LogP contribution in [0.4, 0.5) is 0 Å². The first-order valence-electron chi connectivity index (χ1n) is 5.25. The molecule has 2 aromatic rings. The topological polar surface area (TPSA) is 18.5 Å². The van der Waals surface area contributed by atoms with Crippen molar-refractivity contribution in [2.45, 2.75) is 9.79 Å². The monoisotopic (exact) mass is 298 g/mol. The normalized spacial score (nSPS) is 13.4. The third-order valence-corrected chi connectivity index (χ3v) is 4.01. The fraction of sp³-hybridized carbons (Fsp3) is 0.0769. The van der Waals surface area contributed by atoms with Crippen LogP contribution in [0.15, 0.2) is 46.2 Å². The van der Waals surface area contributed by atoms with E-state index in [1.54, 1.807) is 12.1 Å². The van der Waals surface area contributed by atoms with Crippen molar-refractivity contribution in [1.29, 1.82) is 0 Å². The summed E-state index contributed by atoms with van der Waals surface area (Å²) in [6.07, 6.45) is 0. The van der Waals surface area contributed by atoms with Crippen molar-refractivity contribution < 1.29 is 9.47 Å². The van der Waals surface area contributed by atoms with Crippen LogP contribution in [-0.4, -0.2) is 6.79 Å². The Bertz CT molecular complexity index is 550. The highest BCUT2D eigenvalue weighted by Crippen LogP contribution is 2.43. The smallest absolute Gasteiger partial charge is 0.231 e. The summed E-state index contributed by atoms with van der Waals surface area (Å²) in [6, 6.07) is 11.0. The molecule has 0 spiro atoms. The third-order valence-electron chi connectivity index (χ3n) is 2.46. The van der Waals surface area contributed by atoms with Gasteiger partial charge in [-0.2, -0.15) is 0 Å². The molecule has 0 aliphatic carbocycles. The zero-order valence-electron chi connectivity index (χ0n) is 9.15. The predicted molar refractivity (Wildman–Crippen MR) is 73.2 cm³/mol. The largest absolute Gasteiger partial charge is 0.456 e. The molecule has 3 rings (SSSR count). The van der Waals surface area contributed by atoms with Crippen LogP contribution >= 0.6 is 35.0 Å². The highest BCUT2D eigenvalue weighted by atomic mass is 35.5. The Kier molecular flexibility index (Phi) is 3.29. The number of ether oxygens (including phenoxy) is 2. The summed E-state index contributed by atoms with van der Waals surface area (Å²) in [5.74, 6) is 1.52. The standard InChI is InChI=1S/C13H8Cl2O2S/c14-8-1-3-10-12(5-8)18-13-6-9(15)2-4-11(13)17-7-16-10/h1-6H,7H2. The summed E-state index contributed by atoms with van der Waals surface area (Å²) < 4.78 is 11.1. The van der Waals surface area contributed by atoms with Gasteiger partial charge in [-0.3, -0.25) is 0 Å². The van der Waals surface area contributed by atoms with Gasteiger partial charge in [-0.25, -0.2) is 0 Å². The van der Waals surface area contributed by atoms with Crippen LogP contribution in [0.25, 0.3) is 0 Å². The molecule has 92 valence electrons. The van der Waals surface area contributed by atoms with E-state index in [1.807, 2.05) is 24.3 Å². The Hall–Kier alpha value is -1.03. The lowest BCUT2D eigenvalue weighted by molar-refractivity contribution is 0.113. The van der Waals surface area contributed by atoms with E-state index in [0.29, 0.717) is 10.0 Å². The van der Waals surface area contributed by atoms with E-state index in [2.05, 4.69) is 0 Å². The molecule has 1 aliphatic rings. The lowest BCUT2D eigenvalue weighted by Crippen LogP contribution is -2.08. The Morgan fingerprint density at radius 3 is 1.83 bits per heavy atom. The van der Waals surface area contributed by atoms with Gasteiger partial charge in [0.25, 0.3) is 0 Å². The fourth-order valence-electron chi connectivity index (χ4n) is 1.64. The SMILES string of the molecule is Clc1ccc2c(c1)Sc1cc(Cl)ccc1OCO2. The average molecular weight is 299 g/mol. The predicted octanol–water partition coefficient (Wildman–Crippen LogP) is 4.87. The van der Waals surface area contributed by atoms with Crippen LogP contribution in [-0.2, 0) is 0 Å². The summed E-state index contributed by atoms with van der Waals surface area (Å²) in [5, 5.41) is 1.35. The van der Waals surface area contributed by atoms with Crippen LogP contribution in [0.2, 0.25) is 10.0 Å². The van der Waals surface area contributed by atoms with E-state index in [9.17, 15) is 0 Å². The van der Waals surface area contributed by atoms with Gasteiger partial charge < -0.3 is 9.47 Å². The minimum absolute atomic E-state index is 0.170. The Labute approximate surface area is 119 Å². The lowest BCUT2D eigenvalue weighted by atomic mass is 10.3. The van der Waals surface area contributed by atoms with E-state index in [1.165, 1.54) is 11.8 Å². The lowest BCUT2D eigenvalue weighted by Gasteiger charge is -2.18. The first kappa shape index (κ1) is 12.0. The number of fused-ring (bicyclic) bond motifs is 2. The Morgan fingerprint density at radius 2 is 1.33 bits per heavy atom. The van der Waals surface area contributed by atoms with Crippen molar-refractivity contribution in [3.8, 4) is 11.5 Å². The fourth-order valence-corrected chi connectivity index (χ4v) is 3.17. The molecule has 0 N–H and O–H groups in total. The van der Waals surface area contributed by atoms with Crippen LogP contribution in [0, 0.1) is 0 Å². The second-order valence-corrected chi connectivity index (χ2v) is 5.65. The molecule has 5 heteroatoms. The molecule has 0 fully saturated rings. The molecular formula is C13H8Cl2O2S. The number of rotatable bonds is 0. The van der Waals surface area contributed by atoms with Gasteiger partial charge in [0.05, 0.1) is 9.79 Å². The van der Waals surface area contributed by atoms with Crippen LogP contribution in [0.3, 0.4) is 0 Å². The molecule has 1 aliphatic heterocycles. The summed E-state index contributed by atoms with van der Waals surface area (Å²) in [4.78, 5) is 1.91. The number of benzene rings is 2. The van der Waals surface area contributed by atoms with Crippen LogP contribution < -0.4 is 9.47 Å². The molecule has 18 heavy (non-hydrogen) atoms. The van der Waals surface area contributed by atoms with Gasteiger partial charge in [-0.1, -0.05) is 35.0 Å². The van der Waals surface area contributed by atoms with Gasteiger partial charge in [0.2, 0.25) is 6.79 Å². The Morgan fingerprint density at radius 1 is 0.833 bits per heavy atom. The average Bonchev–Trinajstić information content (AvgIpc) is 2.32. The van der Waals surface area contributed by atoms with Crippen molar-refractivity contribution in [2.24, 2.45) is 0 Å². The molecule has 2 nitrogen and oxygen atoms in total. The summed E-state index contributed by atoms with van der Waals surface area (Å²) in [5.41, 5.74) is 0. The second-order valence-electron chi connectivity index (χ2n) is 3.69. The number of hydrogen-bond acceptors (Lipinski definition) is 3. The maximum atomic E-state index is 6.00. The highest BCUT2D eigenvalue weighted by molar-refractivity contribution is 7.99. The van der Waals surface area contributed by atoms with Gasteiger partial charge in [-0.05, 0) is 36.4 Å². The van der Waals surface area contributed by atoms with Crippen molar-refractivity contribution in [3.05, 3.63) is 46.4 Å². The molecule has 2 aromatic carbocycles. The summed E-state index contributed by atoms with van der Waals surface area (Å²) in [7, 11) is 0. The van der Waals surface area contributed by atoms with Gasteiger partial charge in [0.1, 0.15) is 11.5 Å². The van der Waals surface area contributed by atoms with Crippen LogP contribution in [0.1, 0.15) is 0 Å². The highest BCUT2D eigenvalue weighted by Gasteiger charge is 2.14. The molecule has 0 atom stereocenters. The van der Waals surface area contributed by atoms with Gasteiger partial charge in [-0.15, -0.1) is 0 Å². The van der Waals surface area contributed by atoms with E-state index >= 15 is 0 Å². The summed E-state index contributed by atoms with van der Waals surface area (Å²) in [6.45, 7) is 0.170. The van der Waals surface area contributed by atoms with E-state index < -0.39 is 0 Å². The minimum atomic E-state index is 0.170. The van der Waals surface area contributed by atoms with Crippen molar-refractivity contribution in [3.63, 3.8) is 0 Å². The molecule has 0 unspecified atom stereocenters. The quantitative estimate of drug-likeness (QED) is 0.691. The third kappa shape index (κ3) is 2.39. The van der Waals surface area contributed by atoms with E-state index in [-0.39, 0.29) is 6.79 Å². The Balaban J connectivity index is 2.08. The van der Waals surface area contributed by atoms with Gasteiger partial charge in [0, 0.05) is 10.0 Å². The van der Waals surface area contributed by atoms with Crippen molar-refractivity contribution in [2.75, 3.05) is 6.79 Å². The zero-order valence-corrected chi connectivity index (χ0v) is 11.5. The molecule has 0 saturated heterocycles. The molecule has 0 saturated carbocycles.